The normalized spacial score (nSPS) is 20.0. The molecule has 1 aromatic carbocycles. The number of amides is 1. The van der Waals surface area contributed by atoms with Crippen molar-refractivity contribution in [1.82, 2.24) is 4.90 Å². The van der Waals surface area contributed by atoms with Crippen molar-refractivity contribution in [2.24, 2.45) is 11.3 Å². The van der Waals surface area contributed by atoms with Crippen LogP contribution in [0.25, 0.3) is 0 Å². The molecule has 2 atom stereocenters. The fourth-order valence-corrected chi connectivity index (χ4v) is 4.65. The first kappa shape index (κ1) is 20.1. The Morgan fingerprint density at radius 1 is 1.24 bits per heavy atom. The number of rotatable bonds is 4. The van der Waals surface area contributed by atoms with Gasteiger partial charge in [-0.05, 0) is 35.4 Å². The van der Waals surface area contributed by atoms with Crippen LogP contribution < -0.4 is 0 Å². The van der Waals surface area contributed by atoms with Gasteiger partial charge in [-0.15, -0.1) is 11.8 Å². The highest BCUT2D eigenvalue weighted by atomic mass is 32.2. The van der Waals surface area contributed by atoms with Gasteiger partial charge in [-0.25, -0.2) is 0 Å². The molecule has 0 bridgehead atoms. The zero-order chi connectivity index (χ0) is 18.8. The van der Waals surface area contributed by atoms with Crippen LogP contribution in [0, 0.1) is 11.3 Å². The summed E-state index contributed by atoms with van der Waals surface area (Å²) in [5, 5.41) is -0.184. The smallest absolute Gasteiger partial charge is 0.326 e. The highest BCUT2D eigenvalue weighted by Gasteiger charge is 2.33. The van der Waals surface area contributed by atoms with Crippen molar-refractivity contribution in [3.63, 3.8) is 0 Å². The Morgan fingerprint density at radius 2 is 1.84 bits per heavy atom. The molecule has 6 heteroatoms. The summed E-state index contributed by atoms with van der Waals surface area (Å²) < 4.78 is 38.1. The predicted octanol–water partition coefficient (Wildman–Crippen LogP) is 5.74. The van der Waals surface area contributed by atoms with E-state index in [1.54, 1.807) is 11.8 Å². The van der Waals surface area contributed by atoms with E-state index in [9.17, 15) is 18.0 Å². The molecule has 25 heavy (non-hydrogen) atoms. The lowest BCUT2D eigenvalue weighted by Gasteiger charge is -2.28. The Balaban J connectivity index is 2.05. The molecule has 1 aliphatic heterocycles. The summed E-state index contributed by atoms with van der Waals surface area (Å²) in [6, 6.07) is 5.17. The SMILES string of the molecule is CC(CC(=O)N1CCSC1c1ccc(C(F)(F)F)cc1)CC(C)(C)C. The van der Waals surface area contributed by atoms with Crippen molar-refractivity contribution in [2.45, 2.75) is 52.1 Å². The van der Waals surface area contributed by atoms with Gasteiger partial charge in [0.1, 0.15) is 5.37 Å². The highest BCUT2D eigenvalue weighted by molar-refractivity contribution is 7.99. The summed E-state index contributed by atoms with van der Waals surface area (Å²) in [7, 11) is 0. The molecule has 2 nitrogen and oxygen atoms in total. The molecule has 2 unspecified atom stereocenters. The molecule has 0 aromatic heterocycles. The Kier molecular flexibility index (Phi) is 6.13. The largest absolute Gasteiger partial charge is 0.416 e. The Labute approximate surface area is 152 Å². The van der Waals surface area contributed by atoms with Gasteiger partial charge in [0.05, 0.1) is 5.56 Å². The molecule has 0 N–H and O–H groups in total. The average molecular weight is 373 g/mol. The third-order valence-corrected chi connectivity index (χ3v) is 5.48. The number of alkyl halides is 3. The maximum atomic E-state index is 12.7. The number of carbonyl (C=O) groups is 1. The van der Waals surface area contributed by atoms with Gasteiger partial charge in [0.25, 0.3) is 0 Å². The van der Waals surface area contributed by atoms with Crippen LogP contribution in [0.3, 0.4) is 0 Å². The average Bonchev–Trinajstić information content (AvgIpc) is 2.93. The molecular weight excluding hydrogens is 347 g/mol. The maximum absolute atomic E-state index is 12.7. The maximum Gasteiger partial charge on any atom is 0.416 e. The lowest BCUT2D eigenvalue weighted by molar-refractivity contribution is -0.137. The first-order valence-electron chi connectivity index (χ1n) is 8.55. The first-order chi connectivity index (χ1) is 11.5. The molecule has 1 saturated heterocycles. The van der Waals surface area contributed by atoms with E-state index in [0.29, 0.717) is 13.0 Å². The minimum atomic E-state index is -4.33. The standard InChI is InChI=1S/C19H26F3NOS/c1-13(12-18(2,3)4)11-16(24)23-9-10-25-17(23)14-5-7-15(8-6-14)19(20,21)22/h5-8,13,17H,9-12H2,1-4H3. The fraction of sp³-hybridized carbons (Fsp3) is 0.632. The van der Waals surface area contributed by atoms with Gasteiger partial charge in [0.15, 0.2) is 0 Å². The van der Waals surface area contributed by atoms with Gasteiger partial charge < -0.3 is 4.90 Å². The van der Waals surface area contributed by atoms with Crippen molar-refractivity contribution in [2.75, 3.05) is 12.3 Å². The number of halogens is 3. The third-order valence-electron chi connectivity index (χ3n) is 4.22. The monoisotopic (exact) mass is 373 g/mol. The van der Waals surface area contributed by atoms with Crippen LogP contribution >= 0.6 is 11.8 Å². The van der Waals surface area contributed by atoms with Gasteiger partial charge in [-0.2, -0.15) is 13.2 Å². The predicted molar refractivity (Wildman–Crippen MR) is 96.2 cm³/mol. The molecule has 0 radical (unpaired) electrons. The second-order valence-electron chi connectivity index (χ2n) is 8.00. The quantitative estimate of drug-likeness (QED) is 0.670. The lowest BCUT2D eigenvalue weighted by Crippen LogP contribution is -2.32. The Morgan fingerprint density at radius 3 is 2.36 bits per heavy atom. The highest BCUT2D eigenvalue weighted by Crippen LogP contribution is 2.40. The molecule has 2 rings (SSSR count). The van der Waals surface area contributed by atoms with E-state index in [1.165, 1.54) is 12.1 Å². The zero-order valence-corrected chi connectivity index (χ0v) is 16.0. The van der Waals surface area contributed by atoms with Crippen molar-refractivity contribution in [1.29, 1.82) is 0 Å². The lowest BCUT2D eigenvalue weighted by atomic mass is 9.84. The molecule has 0 aliphatic carbocycles. The molecular formula is C19H26F3NOS. The first-order valence-corrected chi connectivity index (χ1v) is 9.60. The van der Waals surface area contributed by atoms with Crippen LogP contribution in [0.2, 0.25) is 0 Å². The molecule has 0 spiro atoms. The van der Waals surface area contributed by atoms with Crippen LogP contribution in [-0.4, -0.2) is 23.1 Å². The van der Waals surface area contributed by atoms with Crippen molar-refractivity contribution >= 4 is 17.7 Å². The number of benzene rings is 1. The Hall–Kier alpha value is -1.17. The van der Waals surface area contributed by atoms with Crippen molar-refractivity contribution < 1.29 is 18.0 Å². The summed E-state index contributed by atoms with van der Waals surface area (Å²) >= 11 is 1.61. The van der Waals surface area contributed by atoms with E-state index < -0.39 is 11.7 Å². The van der Waals surface area contributed by atoms with E-state index in [1.807, 2.05) is 4.90 Å². The topological polar surface area (TPSA) is 20.3 Å². The van der Waals surface area contributed by atoms with Crippen LogP contribution in [0.5, 0.6) is 0 Å². The summed E-state index contributed by atoms with van der Waals surface area (Å²) in [4.78, 5) is 14.5. The van der Waals surface area contributed by atoms with Crippen molar-refractivity contribution in [3.8, 4) is 0 Å². The van der Waals surface area contributed by atoms with Gasteiger partial charge in [-0.1, -0.05) is 39.8 Å². The van der Waals surface area contributed by atoms with Crippen LogP contribution in [0.15, 0.2) is 24.3 Å². The number of carbonyl (C=O) groups excluding carboxylic acids is 1. The second-order valence-corrected chi connectivity index (χ2v) is 9.19. The zero-order valence-electron chi connectivity index (χ0n) is 15.2. The number of hydrogen-bond donors (Lipinski definition) is 0. The molecule has 1 amide bonds. The molecule has 1 heterocycles. The second kappa shape index (κ2) is 7.60. The van der Waals surface area contributed by atoms with Crippen LogP contribution in [0.1, 0.15) is 57.0 Å². The van der Waals surface area contributed by atoms with E-state index in [0.717, 1.165) is 29.9 Å². The molecule has 1 fully saturated rings. The molecule has 140 valence electrons. The van der Waals surface area contributed by atoms with E-state index in [4.69, 9.17) is 0 Å². The van der Waals surface area contributed by atoms with Crippen LogP contribution in [0.4, 0.5) is 13.2 Å². The molecule has 0 saturated carbocycles. The summed E-state index contributed by atoms with van der Waals surface area (Å²) in [5.41, 5.74) is 0.273. The number of hydrogen-bond acceptors (Lipinski definition) is 2. The minimum absolute atomic E-state index is 0.0895. The van der Waals surface area contributed by atoms with E-state index in [2.05, 4.69) is 27.7 Å². The van der Waals surface area contributed by atoms with Gasteiger partial charge >= 0.3 is 6.18 Å². The number of thioether (sulfide) groups is 1. The summed E-state index contributed by atoms with van der Waals surface area (Å²) in [6.45, 7) is 9.21. The third kappa shape index (κ3) is 5.66. The minimum Gasteiger partial charge on any atom is -0.326 e. The van der Waals surface area contributed by atoms with E-state index >= 15 is 0 Å². The Bertz CT molecular complexity index is 592. The van der Waals surface area contributed by atoms with Gasteiger partial charge in [0.2, 0.25) is 5.91 Å². The molecule has 1 aromatic rings. The van der Waals surface area contributed by atoms with Gasteiger partial charge in [-0.3, -0.25) is 4.79 Å². The number of nitrogens with zero attached hydrogens (tertiary/aromatic N) is 1. The van der Waals surface area contributed by atoms with E-state index in [-0.39, 0.29) is 22.6 Å². The molecule has 1 aliphatic rings. The van der Waals surface area contributed by atoms with Crippen molar-refractivity contribution in [3.05, 3.63) is 35.4 Å². The van der Waals surface area contributed by atoms with Gasteiger partial charge in [0, 0.05) is 18.7 Å². The summed E-state index contributed by atoms with van der Waals surface area (Å²) in [6.07, 6.45) is -2.89. The fourth-order valence-electron chi connectivity index (χ4n) is 3.37. The van der Waals surface area contributed by atoms with Crippen LogP contribution in [-0.2, 0) is 11.0 Å². The summed E-state index contributed by atoms with van der Waals surface area (Å²) in [5.74, 6) is 1.18.